The van der Waals surface area contributed by atoms with Gasteiger partial charge in [-0.3, -0.25) is 9.69 Å². The number of carboxylic acid groups (broad SMARTS) is 1. The zero-order valence-electron chi connectivity index (χ0n) is 12.2. The SMILES string of the molecule is CSCC(C)NC(=O)N1CC(CC(=O)O)c2ccccc21. The second kappa shape index (κ2) is 6.85. The van der Waals surface area contributed by atoms with E-state index in [2.05, 4.69) is 5.32 Å². The number of rotatable bonds is 5. The van der Waals surface area contributed by atoms with Gasteiger partial charge >= 0.3 is 12.0 Å². The lowest BCUT2D eigenvalue weighted by molar-refractivity contribution is -0.137. The van der Waals surface area contributed by atoms with E-state index in [1.54, 1.807) is 16.7 Å². The first kappa shape index (κ1) is 15.7. The van der Waals surface area contributed by atoms with Gasteiger partial charge in [-0.05, 0) is 24.8 Å². The highest BCUT2D eigenvalue weighted by Gasteiger charge is 2.33. The molecule has 2 rings (SSSR count). The average molecular weight is 308 g/mol. The summed E-state index contributed by atoms with van der Waals surface area (Å²) in [7, 11) is 0. The summed E-state index contributed by atoms with van der Waals surface area (Å²) >= 11 is 1.68. The number of fused-ring (bicyclic) bond motifs is 1. The van der Waals surface area contributed by atoms with E-state index in [0.717, 1.165) is 17.0 Å². The highest BCUT2D eigenvalue weighted by molar-refractivity contribution is 7.98. The molecule has 1 aromatic rings. The first-order chi connectivity index (χ1) is 10.0. The molecule has 0 saturated carbocycles. The molecular weight excluding hydrogens is 288 g/mol. The summed E-state index contributed by atoms with van der Waals surface area (Å²) < 4.78 is 0. The molecule has 0 fully saturated rings. The molecule has 0 radical (unpaired) electrons. The fraction of sp³-hybridized carbons (Fsp3) is 0.467. The van der Waals surface area contributed by atoms with E-state index in [1.807, 2.05) is 37.4 Å². The lowest BCUT2D eigenvalue weighted by atomic mass is 9.98. The Hall–Kier alpha value is -1.69. The van der Waals surface area contributed by atoms with Crippen LogP contribution >= 0.6 is 11.8 Å². The Labute approximate surface area is 128 Å². The number of amides is 2. The molecule has 0 spiro atoms. The van der Waals surface area contributed by atoms with Gasteiger partial charge < -0.3 is 10.4 Å². The van der Waals surface area contributed by atoms with Gasteiger partial charge in [0.05, 0.1) is 6.42 Å². The number of hydrogen-bond acceptors (Lipinski definition) is 3. The number of hydrogen-bond donors (Lipinski definition) is 2. The van der Waals surface area contributed by atoms with Crippen LogP contribution in [0.2, 0.25) is 0 Å². The molecule has 1 heterocycles. The van der Waals surface area contributed by atoms with Crippen molar-refractivity contribution >= 4 is 29.4 Å². The van der Waals surface area contributed by atoms with Gasteiger partial charge in [0.25, 0.3) is 0 Å². The van der Waals surface area contributed by atoms with E-state index in [0.29, 0.717) is 6.54 Å². The van der Waals surface area contributed by atoms with Crippen molar-refractivity contribution in [3.05, 3.63) is 29.8 Å². The molecule has 2 atom stereocenters. The topological polar surface area (TPSA) is 69.6 Å². The number of carboxylic acids is 1. The third-order valence-electron chi connectivity index (χ3n) is 3.52. The van der Waals surface area contributed by atoms with Gasteiger partial charge in [-0.1, -0.05) is 18.2 Å². The Kier molecular flexibility index (Phi) is 5.12. The lowest BCUT2D eigenvalue weighted by Crippen LogP contribution is -2.44. The fourth-order valence-corrected chi connectivity index (χ4v) is 3.24. The first-order valence-electron chi connectivity index (χ1n) is 6.90. The van der Waals surface area contributed by atoms with Crippen LogP contribution in [0.4, 0.5) is 10.5 Å². The number of aliphatic carboxylic acids is 1. The molecule has 6 heteroatoms. The van der Waals surface area contributed by atoms with Gasteiger partial charge in [-0.15, -0.1) is 0 Å². The van der Waals surface area contributed by atoms with Crippen LogP contribution in [0.15, 0.2) is 24.3 Å². The molecule has 0 aromatic heterocycles. The molecule has 2 amide bonds. The van der Waals surface area contributed by atoms with Crippen LogP contribution < -0.4 is 10.2 Å². The smallest absolute Gasteiger partial charge is 0.322 e. The summed E-state index contributed by atoms with van der Waals surface area (Å²) in [4.78, 5) is 25.0. The number of carbonyl (C=O) groups is 2. The summed E-state index contributed by atoms with van der Waals surface area (Å²) in [6, 6.07) is 7.45. The molecule has 1 aliphatic heterocycles. The predicted octanol–water partition coefficient (Wildman–Crippen LogP) is 2.53. The quantitative estimate of drug-likeness (QED) is 0.877. The van der Waals surface area contributed by atoms with Crippen molar-refractivity contribution in [3.63, 3.8) is 0 Å². The molecule has 0 bridgehead atoms. The van der Waals surface area contributed by atoms with Crippen LogP contribution in [0.1, 0.15) is 24.8 Å². The van der Waals surface area contributed by atoms with Crippen LogP contribution in [-0.4, -0.2) is 41.7 Å². The molecule has 2 unspecified atom stereocenters. The van der Waals surface area contributed by atoms with E-state index in [4.69, 9.17) is 5.11 Å². The number of thioether (sulfide) groups is 1. The minimum atomic E-state index is -0.840. The maximum Gasteiger partial charge on any atom is 0.322 e. The highest BCUT2D eigenvalue weighted by atomic mass is 32.2. The van der Waals surface area contributed by atoms with Gasteiger partial charge in [0, 0.05) is 29.9 Å². The number of nitrogens with one attached hydrogen (secondary N) is 1. The minimum Gasteiger partial charge on any atom is -0.481 e. The summed E-state index contributed by atoms with van der Waals surface area (Å²) in [6.45, 7) is 2.38. The first-order valence-corrected chi connectivity index (χ1v) is 8.30. The largest absolute Gasteiger partial charge is 0.481 e. The van der Waals surface area contributed by atoms with Crippen molar-refractivity contribution in [1.82, 2.24) is 5.32 Å². The Morgan fingerprint density at radius 2 is 2.19 bits per heavy atom. The van der Waals surface area contributed by atoms with Gasteiger partial charge in [-0.25, -0.2) is 4.79 Å². The molecule has 114 valence electrons. The van der Waals surface area contributed by atoms with Crippen molar-refractivity contribution in [3.8, 4) is 0 Å². The Morgan fingerprint density at radius 1 is 1.48 bits per heavy atom. The number of urea groups is 1. The van der Waals surface area contributed by atoms with E-state index in [1.165, 1.54) is 0 Å². The van der Waals surface area contributed by atoms with E-state index >= 15 is 0 Å². The number of anilines is 1. The average Bonchev–Trinajstić information content (AvgIpc) is 2.77. The normalized spacial score (nSPS) is 18.2. The Balaban J connectivity index is 2.15. The molecular formula is C15H20N2O3S. The van der Waals surface area contributed by atoms with Crippen molar-refractivity contribution in [1.29, 1.82) is 0 Å². The zero-order chi connectivity index (χ0) is 15.4. The fourth-order valence-electron chi connectivity index (χ4n) is 2.65. The van der Waals surface area contributed by atoms with Crippen LogP contribution in [0, 0.1) is 0 Å². The standard InChI is InChI=1S/C15H20N2O3S/c1-10(9-21-2)16-15(20)17-8-11(7-14(18)19)12-5-3-4-6-13(12)17/h3-6,10-11H,7-9H2,1-2H3,(H,16,20)(H,18,19). The summed E-state index contributed by atoms with van der Waals surface area (Å²) in [6.07, 6.45) is 2.04. The third kappa shape index (κ3) is 3.69. The molecule has 2 N–H and O–H groups in total. The lowest BCUT2D eigenvalue weighted by Gasteiger charge is -2.21. The predicted molar refractivity (Wildman–Crippen MR) is 85.2 cm³/mol. The van der Waals surface area contributed by atoms with Crippen LogP contribution in [-0.2, 0) is 4.79 Å². The second-order valence-corrected chi connectivity index (χ2v) is 6.18. The molecule has 1 aliphatic rings. The van der Waals surface area contributed by atoms with Gasteiger partial charge in [0.2, 0.25) is 0 Å². The number of nitrogens with zero attached hydrogens (tertiary/aromatic N) is 1. The maximum absolute atomic E-state index is 12.4. The summed E-state index contributed by atoms with van der Waals surface area (Å²) in [5.41, 5.74) is 1.75. The minimum absolute atomic E-state index is 0.0428. The molecule has 5 nitrogen and oxygen atoms in total. The van der Waals surface area contributed by atoms with Crippen LogP contribution in [0.5, 0.6) is 0 Å². The number of para-hydroxylation sites is 1. The van der Waals surface area contributed by atoms with E-state index in [-0.39, 0.29) is 24.4 Å². The molecule has 0 saturated heterocycles. The number of carbonyl (C=O) groups excluding carboxylic acids is 1. The summed E-state index contributed by atoms with van der Waals surface area (Å²) in [5, 5.41) is 12.0. The van der Waals surface area contributed by atoms with Gasteiger partial charge in [0.1, 0.15) is 0 Å². The molecule has 21 heavy (non-hydrogen) atoms. The highest BCUT2D eigenvalue weighted by Crippen LogP contribution is 2.37. The summed E-state index contributed by atoms with van der Waals surface area (Å²) in [5.74, 6) is -0.132. The third-order valence-corrected chi connectivity index (χ3v) is 4.36. The van der Waals surface area contributed by atoms with Crippen molar-refractivity contribution < 1.29 is 14.7 Å². The monoisotopic (exact) mass is 308 g/mol. The van der Waals surface area contributed by atoms with Crippen molar-refractivity contribution in [2.45, 2.75) is 25.3 Å². The van der Waals surface area contributed by atoms with Crippen molar-refractivity contribution in [2.24, 2.45) is 0 Å². The van der Waals surface area contributed by atoms with Crippen LogP contribution in [0.3, 0.4) is 0 Å². The van der Waals surface area contributed by atoms with Crippen LogP contribution in [0.25, 0.3) is 0 Å². The van der Waals surface area contributed by atoms with Gasteiger partial charge in [0.15, 0.2) is 0 Å². The molecule has 0 aliphatic carbocycles. The zero-order valence-corrected chi connectivity index (χ0v) is 13.0. The molecule has 1 aromatic carbocycles. The maximum atomic E-state index is 12.4. The Morgan fingerprint density at radius 3 is 2.86 bits per heavy atom. The Bertz CT molecular complexity index is 535. The van der Waals surface area contributed by atoms with E-state index < -0.39 is 5.97 Å². The van der Waals surface area contributed by atoms with Gasteiger partial charge in [-0.2, -0.15) is 11.8 Å². The second-order valence-electron chi connectivity index (χ2n) is 5.27. The van der Waals surface area contributed by atoms with E-state index in [9.17, 15) is 9.59 Å². The van der Waals surface area contributed by atoms with Crippen molar-refractivity contribution in [2.75, 3.05) is 23.5 Å². The number of benzene rings is 1.